The smallest absolute Gasteiger partial charge is 0.325 e. The molecule has 1 aliphatic heterocycles. The molecule has 1 aliphatic rings. The van der Waals surface area contributed by atoms with E-state index in [-0.39, 0.29) is 29.3 Å². The summed E-state index contributed by atoms with van der Waals surface area (Å²) in [5.74, 6) is 0.978. The highest BCUT2D eigenvalue weighted by atomic mass is 32.2. The summed E-state index contributed by atoms with van der Waals surface area (Å²) in [5.41, 5.74) is 1.69. The molecule has 0 unspecified atom stereocenters. The van der Waals surface area contributed by atoms with Crippen LogP contribution in [0.25, 0.3) is 11.5 Å². The maximum atomic E-state index is 13.1. The van der Waals surface area contributed by atoms with E-state index < -0.39 is 10.0 Å². The van der Waals surface area contributed by atoms with Crippen molar-refractivity contribution in [1.82, 2.24) is 10.2 Å². The number of aromatic nitrogens is 2. The molecule has 1 aromatic heterocycles. The fourth-order valence-electron chi connectivity index (χ4n) is 3.55. The summed E-state index contributed by atoms with van der Waals surface area (Å²) in [5, 5.41) is 8.37. The van der Waals surface area contributed by atoms with Crippen LogP contribution in [0.4, 0.5) is 11.7 Å². The number of methoxy groups -OCH3 is 1. The highest BCUT2D eigenvalue weighted by molar-refractivity contribution is 7.92. The van der Waals surface area contributed by atoms with Crippen molar-refractivity contribution < 1.29 is 27.0 Å². The van der Waals surface area contributed by atoms with Gasteiger partial charge in [-0.3, -0.25) is 9.62 Å². The number of sulfonamides is 1. The minimum Gasteiger partial charge on any atom is -0.497 e. The fourth-order valence-corrected chi connectivity index (χ4v) is 4.66. The normalized spacial score (nSPS) is 12.9. The fraction of sp³-hybridized carbons (Fsp3) is 0.120. The molecule has 36 heavy (non-hydrogen) atoms. The number of ether oxygens (including phenoxy) is 3. The summed E-state index contributed by atoms with van der Waals surface area (Å²) in [6.07, 6.45) is 1.48. The van der Waals surface area contributed by atoms with Crippen LogP contribution in [0.2, 0.25) is 0 Å². The van der Waals surface area contributed by atoms with E-state index in [2.05, 4.69) is 14.9 Å². The predicted molar refractivity (Wildman–Crippen MR) is 131 cm³/mol. The van der Waals surface area contributed by atoms with Gasteiger partial charge in [-0.15, -0.1) is 5.10 Å². The van der Waals surface area contributed by atoms with Gasteiger partial charge in [0.25, 0.3) is 15.9 Å². The Morgan fingerprint density at radius 1 is 1.00 bits per heavy atom. The third-order valence-electron chi connectivity index (χ3n) is 5.31. The molecule has 0 fully saturated rings. The summed E-state index contributed by atoms with van der Waals surface area (Å²) in [6, 6.07) is 22.8. The second kappa shape index (κ2) is 10.0. The van der Waals surface area contributed by atoms with Gasteiger partial charge in [0.2, 0.25) is 12.7 Å². The lowest BCUT2D eigenvalue weighted by atomic mass is 10.2. The Balaban J connectivity index is 1.45. The Kier molecular flexibility index (Phi) is 6.46. The van der Waals surface area contributed by atoms with Gasteiger partial charge < -0.3 is 18.6 Å². The van der Waals surface area contributed by atoms with Gasteiger partial charge in [-0.1, -0.05) is 53.6 Å². The number of para-hydroxylation sites is 1. The van der Waals surface area contributed by atoms with Gasteiger partial charge in [-0.25, -0.2) is 8.42 Å². The molecule has 0 aliphatic carbocycles. The van der Waals surface area contributed by atoms with Crippen molar-refractivity contribution in [1.29, 1.82) is 0 Å². The van der Waals surface area contributed by atoms with E-state index >= 15 is 0 Å². The van der Waals surface area contributed by atoms with Crippen LogP contribution in [-0.2, 0) is 26.0 Å². The van der Waals surface area contributed by atoms with Crippen LogP contribution in [-0.4, -0.2) is 32.5 Å². The first-order chi connectivity index (χ1) is 17.5. The average molecular weight is 507 g/mol. The van der Waals surface area contributed by atoms with Crippen molar-refractivity contribution in [2.75, 3.05) is 23.5 Å². The zero-order valence-corrected chi connectivity index (χ0v) is 20.0. The largest absolute Gasteiger partial charge is 0.497 e. The third-order valence-corrected chi connectivity index (χ3v) is 6.67. The van der Waals surface area contributed by atoms with E-state index in [4.69, 9.17) is 18.6 Å². The quantitative estimate of drug-likeness (QED) is 0.353. The second-order valence-electron chi connectivity index (χ2n) is 7.68. The lowest BCUT2D eigenvalue weighted by Gasteiger charge is -2.19. The van der Waals surface area contributed by atoms with Crippen LogP contribution < -0.4 is 14.4 Å². The Morgan fingerprint density at radius 3 is 2.58 bits per heavy atom. The van der Waals surface area contributed by atoms with Gasteiger partial charge in [0.1, 0.15) is 12.0 Å². The molecule has 1 N–H and O–H groups in total. The molecule has 0 spiro atoms. The number of nitrogens with one attached hydrogen (secondary N) is 1. The number of nitrogens with zero attached hydrogens (tertiary/aromatic N) is 3. The van der Waals surface area contributed by atoms with Gasteiger partial charge in [0.15, 0.2) is 0 Å². The maximum absolute atomic E-state index is 13.1. The molecule has 0 saturated heterocycles. The highest BCUT2D eigenvalue weighted by Crippen LogP contribution is 2.32. The van der Waals surface area contributed by atoms with Crippen molar-refractivity contribution in [2.45, 2.75) is 11.4 Å². The van der Waals surface area contributed by atoms with Crippen LogP contribution >= 0.6 is 0 Å². The Bertz CT molecular complexity index is 1490. The number of hydrogen-bond donors (Lipinski definition) is 1. The van der Waals surface area contributed by atoms with Crippen molar-refractivity contribution in [3.8, 4) is 17.2 Å². The molecular weight excluding hydrogens is 484 g/mol. The Labute approximate surface area is 207 Å². The molecule has 0 saturated carbocycles. The molecule has 4 aromatic rings. The zero-order chi connectivity index (χ0) is 25.0. The molecule has 10 nitrogen and oxygen atoms in total. The second-order valence-corrected chi connectivity index (χ2v) is 9.36. The third kappa shape index (κ3) is 4.96. The molecule has 0 amide bonds. The molecule has 2 heterocycles. The first-order valence-electron chi connectivity index (χ1n) is 10.9. The highest BCUT2D eigenvalue weighted by Gasteiger charge is 2.25. The van der Waals surface area contributed by atoms with Crippen LogP contribution in [0.1, 0.15) is 5.56 Å². The van der Waals surface area contributed by atoms with Crippen LogP contribution in [0.15, 0.2) is 100 Å². The van der Waals surface area contributed by atoms with E-state index in [9.17, 15) is 8.42 Å². The van der Waals surface area contributed by atoms with Gasteiger partial charge in [0, 0.05) is 6.07 Å². The number of anilines is 2. The van der Waals surface area contributed by atoms with E-state index in [0.29, 0.717) is 23.7 Å². The lowest BCUT2D eigenvalue weighted by molar-refractivity contribution is 0.0776. The first kappa shape index (κ1) is 23.2. The SMILES string of the molecule is COc1cccc(S(=O)(=O)Nc2ccccc2-c2nnc(N(Cc3ccccc3)C3=COCO3)o2)c1. The van der Waals surface area contributed by atoms with Crippen LogP contribution in [0.5, 0.6) is 5.75 Å². The molecule has 0 bridgehead atoms. The zero-order valence-electron chi connectivity index (χ0n) is 19.2. The Morgan fingerprint density at radius 2 is 1.81 bits per heavy atom. The standard InChI is InChI=1S/C25H22N4O6S/c1-32-19-10-7-11-20(14-19)36(30,31)28-22-13-6-5-12-21(22)24-26-27-25(35-24)29(23-16-33-17-34-23)15-18-8-3-2-4-9-18/h2-14,16,28H,15,17H2,1H3. The van der Waals surface area contributed by atoms with Crippen LogP contribution in [0, 0.1) is 0 Å². The lowest BCUT2D eigenvalue weighted by Crippen LogP contribution is -2.22. The van der Waals surface area contributed by atoms with Crippen molar-refractivity contribution >= 4 is 21.7 Å². The van der Waals surface area contributed by atoms with Crippen molar-refractivity contribution in [3.63, 3.8) is 0 Å². The van der Waals surface area contributed by atoms with E-state index in [1.807, 2.05) is 30.3 Å². The Hall–Kier alpha value is -4.51. The molecule has 11 heteroatoms. The summed E-state index contributed by atoms with van der Waals surface area (Å²) >= 11 is 0. The van der Waals surface area contributed by atoms with Crippen molar-refractivity contribution in [3.05, 3.63) is 96.6 Å². The minimum absolute atomic E-state index is 0.0576. The van der Waals surface area contributed by atoms with Gasteiger partial charge in [-0.2, -0.15) is 0 Å². The van der Waals surface area contributed by atoms with Gasteiger partial charge in [0.05, 0.1) is 29.8 Å². The molecule has 5 rings (SSSR count). The molecule has 0 radical (unpaired) electrons. The molecule has 184 valence electrons. The monoisotopic (exact) mass is 506 g/mol. The van der Waals surface area contributed by atoms with Gasteiger partial charge in [-0.05, 0) is 29.8 Å². The molecule has 0 atom stereocenters. The summed E-state index contributed by atoms with van der Waals surface area (Å²) in [4.78, 5) is 1.74. The summed E-state index contributed by atoms with van der Waals surface area (Å²) in [7, 11) is -2.44. The van der Waals surface area contributed by atoms with Crippen LogP contribution in [0.3, 0.4) is 0 Å². The van der Waals surface area contributed by atoms with Gasteiger partial charge >= 0.3 is 6.01 Å². The van der Waals surface area contributed by atoms with Crippen molar-refractivity contribution in [2.24, 2.45) is 0 Å². The van der Waals surface area contributed by atoms with E-state index in [1.54, 1.807) is 41.3 Å². The van der Waals surface area contributed by atoms with E-state index in [1.165, 1.54) is 25.5 Å². The van der Waals surface area contributed by atoms with E-state index in [0.717, 1.165) is 5.56 Å². The summed E-state index contributed by atoms with van der Waals surface area (Å²) in [6.45, 7) is 0.471. The molecular formula is C25H22N4O6S. The summed E-state index contributed by atoms with van der Waals surface area (Å²) < 4.78 is 50.6. The number of benzene rings is 3. The maximum Gasteiger partial charge on any atom is 0.325 e. The first-order valence-corrected chi connectivity index (χ1v) is 12.4. The molecule has 3 aromatic carbocycles. The topological polar surface area (TPSA) is 116 Å². The average Bonchev–Trinajstić information content (AvgIpc) is 3.61. The minimum atomic E-state index is -3.92. The number of rotatable bonds is 9. The predicted octanol–water partition coefficient (Wildman–Crippen LogP) is 4.36. The number of hydrogen-bond acceptors (Lipinski definition) is 9.